The smallest absolute Gasteiger partial charge is 0.410 e. The molecule has 0 aromatic rings. The van der Waals surface area contributed by atoms with Crippen LogP contribution >= 0.6 is 0 Å². The molecule has 1 aliphatic carbocycles. The Morgan fingerprint density at radius 3 is 2.62 bits per heavy atom. The molecular formula is C15H23NO5. The van der Waals surface area contributed by atoms with Crippen LogP contribution in [0.5, 0.6) is 0 Å². The minimum atomic E-state index is -1.18. The topological polar surface area (TPSA) is 72.9 Å². The third kappa shape index (κ3) is 2.89. The zero-order chi connectivity index (χ0) is 15.8. The molecule has 0 N–H and O–H groups in total. The summed E-state index contributed by atoms with van der Waals surface area (Å²) < 4.78 is 10.4. The van der Waals surface area contributed by atoms with Crippen molar-refractivity contribution in [2.75, 3.05) is 19.7 Å². The molecular weight excluding hydrogens is 274 g/mol. The van der Waals surface area contributed by atoms with Crippen LogP contribution < -0.4 is 0 Å². The number of piperidine rings is 1. The first-order valence-electron chi connectivity index (χ1n) is 7.39. The Bertz CT molecular complexity index is 467. The van der Waals surface area contributed by atoms with E-state index in [-0.39, 0.29) is 24.9 Å². The zero-order valence-electron chi connectivity index (χ0n) is 13.1. The predicted octanol–water partition coefficient (Wildman–Crippen LogP) is 1.77. The first-order valence-corrected chi connectivity index (χ1v) is 7.39. The van der Waals surface area contributed by atoms with Gasteiger partial charge in [0.1, 0.15) is 11.0 Å². The van der Waals surface area contributed by atoms with Crippen molar-refractivity contribution >= 4 is 17.8 Å². The van der Waals surface area contributed by atoms with Crippen molar-refractivity contribution in [1.82, 2.24) is 4.90 Å². The Labute approximate surface area is 124 Å². The van der Waals surface area contributed by atoms with E-state index in [1.807, 2.05) is 0 Å². The average molecular weight is 297 g/mol. The highest BCUT2D eigenvalue weighted by Gasteiger charge is 2.59. The van der Waals surface area contributed by atoms with Gasteiger partial charge >= 0.3 is 12.1 Å². The minimum absolute atomic E-state index is 0.0656. The van der Waals surface area contributed by atoms with Crippen LogP contribution in [0.3, 0.4) is 0 Å². The summed E-state index contributed by atoms with van der Waals surface area (Å²) in [4.78, 5) is 38.3. The number of fused-ring (bicyclic) bond motifs is 2. The van der Waals surface area contributed by atoms with E-state index in [0.29, 0.717) is 19.4 Å². The van der Waals surface area contributed by atoms with E-state index in [1.165, 1.54) is 4.90 Å². The molecule has 2 bridgehead atoms. The Balaban J connectivity index is 2.18. The van der Waals surface area contributed by atoms with E-state index in [1.54, 1.807) is 27.7 Å². The number of esters is 1. The molecule has 6 heteroatoms. The van der Waals surface area contributed by atoms with Crippen molar-refractivity contribution in [1.29, 1.82) is 0 Å². The number of rotatable bonds is 2. The number of carbonyl (C=O) groups is 3. The molecule has 1 aliphatic heterocycles. The number of ether oxygens (including phenoxy) is 2. The van der Waals surface area contributed by atoms with Crippen LogP contribution in [0.4, 0.5) is 4.79 Å². The lowest BCUT2D eigenvalue weighted by molar-refractivity contribution is -0.162. The van der Waals surface area contributed by atoms with Gasteiger partial charge in [0.25, 0.3) is 0 Å². The van der Waals surface area contributed by atoms with Gasteiger partial charge in [0, 0.05) is 19.0 Å². The molecule has 1 heterocycles. The molecule has 1 amide bonds. The predicted molar refractivity (Wildman–Crippen MR) is 74.6 cm³/mol. The van der Waals surface area contributed by atoms with Crippen LogP contribution in [0, 0.1) is 11.3 Å². The zero-order valence-corrected chi connectivity index (χ0v) is 13.1. The maximum Gasteiger partial charge on any atom is 0.410 e. The fourth-order valence-electron chi connectivity index (χ4n) is 3.06. The van der Waals surface area contributed by atoms with Gasteiger partial charge in [-0.1, -0.05) is 0 Å². The number of Topliss-reactive ketones (excluding diaryl/α,β-unsaturated/α-hetero) is 1. The Kier molecular flexibility index (Phi) is 4.00. The second-order valence-electron chi connectivity index (χ2n) is 6.76. The fourth-order valence-corrected chi connectivity index (χ4v) is 3.06. The summed E-state index contributed by atoms with van der Waals surface area (Å²) >= 11 is 0. The number of likely N-dealkylation sites (tertiary alicyclic amines) is 1. The molecule has 0 aromatic carbocycles. The quantitative estimate of drug-likeness (QED) is 0.573. The molecule has 2 unspecified atom stereocenters. The molecule has 0 aromatic heterocycles. The van der Waals surface area contributed by atoms with Crippen LogP contribution in [0.2, 0.25) is 0 Å². The second kappa shape index (κ2) is 5.31. The van der Waals surface area contributed by atoms with E-state index in [2.05, 4.69) is 0 Å². The van der Waals surface area contributed by atoms with Crippen LogP contribution in [0.25, 0.3) is 0 Å². The molecule has 2 fully saturated rings. The highest BCUT2D eigenvalue weighted by molar-refractivity contribution is 6.07. The number of hydrogen-bond donors (Lipinski definition) is 0. The highest BCUT2D eigenvalue weighted by Crippen LogP contribution is 2.44. The second-order valence-corrected chi connectivity index (χ2v) is 6.76. The molecule has 21 heavy (non-hydrogen) atoms. The lowest BCUT2D eigenvalue weighted by Gasteiger charge is -2.37. The molecule has 2 aliphatic rings. The third-order valence-electron chi connectivity index (χ3n) is 3.98. The normalized spacial score (nSPS) is 28.5. The first-order chi connectivity index (χ1) is 9.69. The lowest BCUT2D eigenvalue weighted by Crippen LogP contribution is -2.56. The largest absolute Gasteiger partial charge is 0.465 e. The van der Waals surface area contributed by atoms with Gasteiger partial charge in [-0.05, 0) is 40.5 Å². The van der Waals surface area contributed by atoms with E-state index >= 15 is 0 Å². The molecule has 6 nitrogen and oxygen atoms in total. The Morgan fingerprint density at radius 2 is 2.05 bits per heavy atom. The van der Waals surface area contributed by atoms with Gasteiger partial charge in [-0.25, -0.2) is 4.79 Å². The van der Waals surface area contributed by atoms with Gasteiger partial charge in [-0.3, -0.25) is 9.59 Å². The Morgan fingerprint density at radius 1 is 1.38 bits per heavy atom. The maximum absolute atomic E-state index is 12.4. The highest BCUT2D eigenvalue weighted by atomic mass is 16.6. The molecule has 0 spiro atoms. The minimum Gasteiger partial charge on any atom is -0.465 e. The first kappa shape index (κ1) is 15.8. The lowest BCUT2D eigenvalue weighted by atomic mass is 9.80. The van der Waals surface area contributed by atoms with Gasteiger partial charge in [0.05, 0.1) is 6.61 Å². The van der Waals surface area contributed by atoms with Crippen LogP contribution in [0.15, 0.2) is 0 Å². The molecule has 118 valence electrons. The van der Waals surface area contributed by atoms with Gasteiger partial charge in [0.15, 0.2) is 5.78 Å². The number of amides is 1. The third-order valence-corrected chi connectivity index (χ3v) is 3.98. The summed E-state index contributed by atoms with van der Waals surface area (Å²) in [5, 5.41) is 0. The molecule has 2 rings (SSSR count). The summed E-state index contributed by atoms with van der Waals surface area (Å²) in [6, 6.07) is 0. The van der Waals surface area contributed by atoms with Gasteiger partial charge in [-0.2, -0.15) is 0 Å². The van der Waals surface area contributed by atoms with Crippen LogP contribution in [-0.2, 0) is 19.1 Å². The van der Waals surface area contributed by atoms with E-state index in [0.717, 1.165) is 0 Å². The maximum atomic E-state index is 12.4. The van der Waals surface area contributed by atoms with Gasteiger partial charge < -0.3 is 14.4 Å². The van der Waals surface area contributed by atoms with E-state index < -0.39 is 23.1 Å². The number of hydrogen-bond acceptors (Lipinski definition) is 5. The van der Waals surface area contributed by atoms with E-state index in [4.69, 9.17) is 9.47 Å². The number of nitrogens with zero attached hydrogens (tertiary/aromatic N) is 1. The van der Waals surface area contributed by atoms with Crippen molar-refractivity contribution in [3.05, 3.63) is 0 Å². The molecule has 1 saturated heterocycles. The van der Waals surface area contributed by atoms with Gasteiger partial charge in [0.2, 0.25) is 0 Å². The average Bonchev–Trinajstić information content (AvgIpc) is 2.58. The van der Waals surface area contributed by atoms with Crippen molar-refractivity contribution in [3.8, 4) is 0 Å². The SMILES string of the molecule is CCOC(=O)C12CCC(CN(C(=O)OC(C)(C)C)C1)C2=O. The van der Waals surface area contributed by atoms with Crippen molar-refractivity contribution in [2.45, 2.75) is 46.1 Å². The van der Waals surface area contributed by atoms with Crippen LogP contribution in [0.1, 0.15) is 40.5 Å². The monoisotopic (exact) mass is 297 g/mol. The van der Waals surface area contributed by atoms with Gasteiger partial charge in [-0.15, -0.1) is 0 Å². The summed E-state index contributed by atoms with van der Waals surface area (Å²) in [5.74, 6) is -0.873. The summed E-state index contributed by atoms with van der Waals surface area (Å²) in [6.45, 7) is 7.69. The summed E-state index contributed by atoms with van der Waals surface area (Å²) in [7, 11) is 0. The fraction of sp³-hybridized carbons (Fsp3) is 0.800. The molecule has 2 atom stereocenters. The number of ketones is 1. The van der Waals surface area contributed by atoms with Crippen molar-refractivity contribution in [2.24, 2.45) is 11.3 Å². The summed E-state index contributed by atoms with van der Waals surface area (Å²) in [6.07, 6.45) is 0.599. The van der Waals surface area contributed by atoms with Crippen LogP contribution in [-0.4, -0.2) is 48.0 Å². The molecule has 0 radical (unpaired) electrons. The van der Waals surface area contributed by atoms with Crippen molar-refractivity contribution in [3.63, 3.8) is 0 Å². The molecule has 1 saturated carbocycles. The standard InChI is InChI=1S/C15H23NO5/c1-5-20-12(18)15-7-6-10(11(15)17)8-16(9-15)13(19)21-14(2,3)4/h10H,5-9H2,1-4H3. The summed E-state index contributed by atoms with van der Waals surface area (Å²) in [5.41, 5.74) is -1.79. The van der Waals surface area contributed by atoms with Crippen molar-refractivity contribution < 1.29 is 23.9 Å². The Hall–Kier alpha value is -1.59. The van der Waals surface area contributed by atoms with E-state index in [9.17, 15) is 14.4 Å². The number of carbonyl (C=O) groups excluding carboxylic acids is 3.